The standard InChI is InChI=1S/C34H20N4O2/c1-3-18-7-4-10-24-27(18)17(2)37-31(35-24)20-13-14-21-30-23(16-15-22(29(20)30)33(37)39)34(40)38-26-12-6-9-19-8-5-11-25(28(19)26)36-32(21)38/h3-16H,1-2H3/b18-3-. The Kier molecular flexibility index (Phi) is 3.87. The van der Waals surface area contributed by atoms with Gasteiger partial charge in [-0.25, -0.2) is 9.97 Å². The minimum absolute atomic E-state index is 0.139. The smallest absolute Gasteiger partial charge is 0.264 e. The van der Waals surface area contributed by atoms with Crippen LogP contribution in [0.5, 0.6) is 0 Å². The Hall–Kier alpha value is -5.36. The number of nitrogens with zero attached hydrogens (tertiary/aromatic N) is 4. The zero-order chi connectivity index (χ0) is 26.9. The second-order valence-corrected chi connectivity index (χ2v) is 10.5. The van der Waals surface area contributed by atoms with Gasteiger partial charge in [-0.05, 0) is 66.9 Å². The molecule has 4 heterocycles. The van der Waals surface area contributed by atoms with Crippen LogP contribution < -0.4 is 16.3 Å². The van der Waals surface area contributed by atoms with Crippen molar-refractivity contribution in [2.24, 2.45) is 0 Å². The lowest BCUT2D eigenvalue weighted by atomic mass is 9.95. The Labute approximate surface area is 225 Å². The number of hydrogen-bond acceptors (Lipinski definition) is 4. The fourth-order valence-corrected chi connectivity index (χ4v) is 6.86. The van der Waals surface area contributed by atoms with E-state index >= 15 is 0 Å². The van der Waals surface area contributed by atoms with Gasteiger partial charge in [0, 0.05) is 48.8 Å². The largest absolute Gasteiger partial charge is 0.268 e. The fourth-order valence-electron chi connectivity index (χ4n) is 6.86. The summed E-state index contributed by atoms with van der Waals surface area (Å²) in [7, 11) is 0. The Morgan fingerprint density at radius 3 is 1.82 bits per heavy atom. The highest BCUT2D eigenvalue weighted by atomic mass is 16.1. The van der Waals surface area contributed by atoms with Crippen LogP contribution in [0, 0.1) is 6.92 Å². The van der Waals surface area contributed by atoms with Gasteiger partial charge in [0.1, 0.15) is 11.3 Å². The zero-order valence-electron chi connectivity index (χ0n) is 21.7. The van der Waals surface area contributed by atoms with Crippen LogP contribution in [0.2, 0.25) is 0 Å². The number of aryl methyl sites for hydroxylation is 1. The molecular weight excluding hydrogens is 496 g/mol. The number of fused-ring (bicyclic) bond motifs is 6. The molecule has 0 aliphatic carbocycles. The third-order valence-corrected chi connectivity index (χ3v) is 8.57. The Bertz CT molecular complexity index is 2770. The van der Waals surface area contributed by atoms with Gasteiger partial charge in [-0.1, -0.05) is 42.5 Å². The normalized spacial score (nSPS) is 13.1. The summed E-state index contributed by atoms with van der Waals surface area (Å²) in [5.74, 6) is 0. The van der Waals surface area contributed by atoms with Gasteiger partial charge >= 0.3 is 0 Å². The molecule has 0 aliphatic rings. The molecule has 0 aliphatic heterocycles. The SMILES string of the molecule is C/C=c1/cccc2nc3c4ccc5c6c(ccc(c(=O)n3c(C)c12)c46)c(=O)n1c2cccc3cccc(nc51)c32. The highest BCUT2D eigenvalue weighted by Gasteiger charge is 2.22. The lowest BCUT2D eigenvalue weighted by Gasteiger charge is -2.17. The fraction of sp³-hybridized carbons (Fsp3) is 0.0588. The van der Waals surface area contributed by atoms with Gasteiger partial charge in [-0.3, -0.25) is 18.4 Å². The number of aromatic nitrogens is 4. The Morgan fingerprint density at radius 1 is 0.600 bits per heavy atom. The van der Waals surface area contributed by atoms with Crippen LogP contribution >= 0.6 is 0 Å². The molecule has 0 saturated carbocycles. The molecule has 5 aromatic carbocycles. The van der Waals surface area contributed by atoms with Crippen molar-refractivity contribution in [3.8, 4) is 0 Å². The maximum absolute atomic E-state index is 14.2. The quantitative estimate of drug-likeness (QED) is 0.186. The number of pyridine rings is 2. The van der Waals surface area contributed by atoms with E-state index in [9.17, 15) is 9.59 Å². The van der Waals surface area contributed by atoms with Gasteiger partial charge in [0.05, 0.1) is 16.6 Å². The van der Waals surface area contributed by atoms with Crippen LogP contribution in [0.3, 0.4) is 0 Å². The third-order valence-electron chi connectivity index (χ3n) is 8.57. The molecule has 188 valence electrons. The summed E-state index contributed by atoms with van der Waals surface area (Å²) >= 11 is 0. The van der Waals surface area contributed by atoms with Crippen LogP contribution in [0.25, 0.3) is 82.4 Å². The molecule has 0 radical (unpaired) electrons. The zero-order valence-corrected chi connectivity index (χ0v) is 21.7. The van der Waals surface area contributed by atoms with Crippen LogP contribution in [0.1, 0.15) is 12.6 Å². The van der Waals surface area contributed by atoms with Crippen molar-refractivity contribution < 1.29 is 0 Å². The molecule has 0 fully saturated rings. The summed E-state index contributed by atoms with van der Waals surface area (Å²) in [4.78, 5) is 38.3. The summed E-state index contributed by atoms with van der Waals surface area (Å²) in [6.45, 7) is 3.97. The first kappa shape index (κ1) is 21.6. The van der Waals surface area contributed by atoms with Crippen LogP contribution in [-0.2, 0) is 0 Å². The minimum atomic E-state index is -0.145. The molecule has 0 unspecified atom stereocenters. The molecule has 0 saturated heterocycles. The van der Waals surface area contributed by atoms with Gasteiger partial charge < -0.3 is 0 Å². The highest BCUT2D eigenvalue weighted by Crippen LogP contribution is 2.37. The number of benzene rings is 5. The van der Waals surface area contributed by atoms with Crippen molar-refractivity contribution >= 4 is 82.4 Å². The topological polar surface area (TPSA) is 68.7 Å². The van der Waals surface area contributed by atoms with Gasteiger partial charge in [-0.2, -0.15) is 0 Å². The van der Waals surface area contributed by atoms with Gasteiger partial charge in [0.15, 0.2) is 0 Å². The summed E-state index contributed by atoms with van der Waals surface area (Å²) in [5.41, 5.74) is 4.24. The molecule has 0 amide bonds. The average Bonchev–Trinajstić information content (AvgIpc) is 2.98. The summed E-state index contributed by atoms with van der Waals surface area (Å²) in [6.07, 6.45) is 2.04. The van der Waals surface area contributed by atoms with E-state index in [4.69, 9.17) is 9.97 Å². The molecule has 0 spiro atoms. The predicted molar refractivity (Wildman–Crippen MR) is 163 cm³/mol. The van der Waals surface area contributed by atoms with Crippen LogP contribution in [-0.4, -0.2) is 18.8 Å². The summed E-state index contributed by atoms with van der Waals surface area (Å²) in [6, 6.07) is 25.6. The molecule has 9 rings (SSSR count). The molecule has 0 bridgehead atoms. The molecule has 6 nitrogen and oxygen atoms in total. The van der Waals surface area contributed by atoms with Crippen LogP contribution in [0.4, 0.5) is 0 Å². The van der Waals surface area contributed by atoms with Crippen molar-refractivity contribution in [3.05, 3.63) is 110 Å². The Morgan fingerprint density at radius 2 is 1.15 bits per heavy atom. The lowest BCUT2D eigenvalue weighted by molar-refractivity contribution is 1.04. The first-order valence-electron chi connectivity index (χ1n) is 13.3. The van der Waals surface area contributed by atoms with Gasteiger partial charge in [0.25, 0.3) is 11.1 Å². The molecule has 4 aromatic heterocycles. The molecule has 40 heavy (non-hydrogen) atoms. The maximum Gasteiger partial charge on any atom is 0.264 e. The molecule has 9 aromatic rings. The van der Waals surface area contributed by atoms with E-state index in [-0.39, 0.29) is 11.1 Å². The van der Waals surface area contributed by atoms with E-state index in [1.165, 1.54) is 0 Å². The first-order chi connectivity index (χ1) is 19.6. The molecule has 0 atom stereocenters. The van der Waals surface area contributed by atoms with E-state index < -0.39 is 0 Å². The summed E-state index contributed by atoms with van der Waals surface area (Å²) in [5, 5.41) is 8.33. The van der Waals surface area contributed by atoms with E-state index in [1.54, 1.807) is 20.9 Å². The molecular formula is C34H20N4O2. The van der Waals surface area contributed by atoms with Crippen molar-refractivity contribution in [2.75, 3.05) is 0 Å². The van der Waals surface area contributed by atoms with Crippen molar-refractivity contribution in [1.29, 1.82) is 0 Å². The van der Waals surface area contributed by atoms with Crippen molar-refractivity contribution in [1.82, 2.24) is 18.8 Å². The maximum atomic E-state index is 14.2. The van der Waals surface area contributed by atoms with E-state index in [1.807, 2.05) is 86.7 Å². The number of hydrogen-bond donors (Lipinski definition) is 0. The number of rotatable bonds is 0. The lowest BCUT2D eigenvalue weighted by Crippen LogP contribution is -2.21. The summed E-state index contributed by atoms with van der Waals surface area (Å²) < 4.78 is 3.45. The average molecular weight is 517 g/mol. The predicted octanol–water partition coefficient (Wildman–Crippen LogP) is 5.89. The van der Waals surface area contributed by atoms with Gasteiger partial charge in [-0.15, -0.1) is 0 Å². The van der Waals surface area contributed by atoms with E-state index in [0.29, 0.717) is 22.1 Å². The van der Waals surface area contributed by atoms with Crippen LogP contribution in [0.15, 0.2) is 88.5 Å². The van der Waals surface area contributed by atoms with Gasteiger partial charge in [0.2, 0.25) is 0 Å². The van der Waals surface area contributed by atoms with Crippen molar-refractivity contribution in [2.45, 2.75) is 13.8 Å². The van der Waals surface area contributed by atoms with Crippen molar-refractivity contribution in [3.63, 3.8) is 0 Å². The molecule has 0 N–H and O–H groups in total. The minimum Gasteiger partial charge on any atom is -0.268 e. The Balaban J connectivity index is 1.58. The second-order valence-electron chi connectivity index (χ2n) is 10.5. The third kappa shape index (κ3) is 2.40. The van der Waals surface area contributed by atoms with E-state index in [0.717, 1.165) is 65.2 Å². The first-order valence-corrected chi connectivity index (χ1v) is 13.3. The highest BCUT2D eigenvalue weighted by molar-refractivity contribution is 6.28. The van der Waals surface area contributed by atoms with E-state index in [2.05, 4.69) is 0 Å². The molecule has 6 heteroatoms. The monoisotopic (exact) mass is 516 g/mol. The second kappa shape index (κ2) is 7.18.